The maximum absolute atomic E-state index is 9.22. The molecular weight excluding hydrogens is 334 g/mol. The number of hydrogen-bond acceptors (Lipinski definition) is 4. The van der Waals surface area contributed by atoms with Gasteiger partial charge in [0, 0.05) is 42.7 Å². The summed E-state index contributed by atoms with van der Waals surface area (Å²) in [6.07, 6.45) is 6.16. The first-order valence-corrected chi connectivity index (χ1v) is 9.60. The van der Waals surface area contributed by atoms with Crippen LogP contribution in [0.4, 0.5) is 0 Å². The zero-order chi connectivity index (χ0) is 18.5. The van der Waals surface area contributed by atoms with E-state index in [9.17, 15) is 5.11 Å². The van der Waals surface area contributed by atoms with Crippen molar-refractivity contribution in [1.82, 2.24) is 14.9 Å². The molecule has 4 nitrogen and oxygen atoms in total. The van der Waals surface area contributed by atoms with Crippen LogP contribution < -0.4 is 0 Å². The second-order valence-electron chi connectivity index (χ2n) is 7.24. The molecule has 1 aromatic carbocycles. The Kier molecular flexibility index (Phi) is 5.56. The fourth-order valence-electron chi connectivity index (χ4n) is 3.81. The summed E-state index contributed by atoms with van der Waals surface area (Å²) in [6.45, 7) is 3.19. The zero-order valence-electron chi connectivity index (χ0n) is 15.5. The summed E-state index contributed by atoms with van der Waals surface area (Å²) in [4.78, 5) is 11.7. The van der Waals surface area contributed by atoms with Gasteiger partial charge in [-0.2, -0.15) is 0 Å². The van der Waals surface area contributed by atoms with Crippen molar-refractivity contribution in [2.75, 3.05) is 13.1 Å². The maximum atomic E-state index is 9.22. The van der Waals surface area contributed by atoms with E-state index < -0.39 is 0 Å². The molecule has 3 heterocycles. The van der Waals surface area contributed by atoms with Gasteiger partial charge in [0.05, 0.1) is 12.3 Å². The summed E-state index contributed by atoms with van der Waals surface area (Å²) in [6, 6.07) is 18.5. The number of piperidine rings is 1. The van der Waals surface area contributed by atoms with E-state index in [0.717, 1.165) is 36.5 Å². The lowest BCUT2D eigenvalue weighted by Crippen LogP contribution is -2.34. The molecule has 1 N–H and O–H groups in total. The number of aliphatic hydroxyl groups excluding tert-OH is 1. The van der Waals surface area contributed by atoms with Gasteiger partial charge >= 0.3 is 0 Å². The van der Waals surface area contributed by atoms with Gasteiger partial charge in [0.1, 0.15) is 0 Å². The second kappa shape index (κ2) is 8.42. The van der Waals surface area contributed by atoms with E-state index in [1.165, 1.54) is 24.1 Å². The van der Waals surface area contributed by atoms with Crippen molar-refractivity contribution >= 4 is 0 Å². The van der Waals surface area contributed by atoms with Crippen LogP contribution >= 0.6 is 0 Å². The van der Waals surface area contributed by atoms with Crippen LogP contribution in [0.25, 0.3) is 11.3 Å². The average molecular weight is 359 g/mol. The zero-order valence-corrected chi connectivity index (χ0v) is 15.5. The Labute approximate surface area is 160 Å². The first kappa shape index (κ1) is 17.8. The molecule has 1 fully saturated rings. The largest absolute Gasteiger partial charge is 0.392 e. The minimum absolute atomic E-state index is 0.0720. The van der Waals surface area contributed by atoms with Gasteiger partial charge in [-0.3, -0.25) is 14.9 Å². The Morgan fingerprint density at radius 2 is 1.89 bits per heavy atom. The molecule has 0 spiro atoms. The van der Waals surface area contributed by atoms with Gasteiger partial charge in [-0.05, 0) is 48.7 Å². The number of benzene rings is 1. The molecule has 0 aliphatic carbocycles. The minimum atomic E-state index is 0.0720. The summed E-state index contributed by atoms with van der Waals surface area (Å²) in [7, 11) is 0. The summed E-state index contributed by atoms with van der Waals surface area (Å²) in [5.74, 6) is 0.465. The van der Waals surface area contributed by atoms with Crippen molar-refractivity contribution in [1.29, 1.82) is 0 Å². The van der Waals surface area contributed by atoms with E-state index in [1.54, 1.807) is 0 Å². The monoisotopic (exact) mass is 359 g/mol. The topological polar surface area (TPSA) is 49.2 Å². The van der Waals surface area contributed by atoms with Crippen LogP contribution in [-0.2, 0) is 13.2 Å². The third-order valence-electron chi connectivity index (χ3n) is 5.26. The Morgan fingerprint density at radius 1 is 1.00 bits per heavy atom. The summed E-state index contributed by atoms with van der Waals surface area (Å²) in [5.41, 5.74) is 5.46. The van der Waals surface area contributed by atoms with Crippen molar-refractivity contribution in [3.05, 3.63) is 83.8 Å². The highest BCUT2D eigenvalue weighted by molar-refractivity contribution is 5.59. The lowest BCUT2D eigenvalue weighted by atomic mass is 9.93. The molecule has 0 bridgehead atoms. The number of hydrogen-bond donors (Lipinski definition) is 1. The Morgan fingerprint density at radius 3 is 2.67 bits per heavy atom. The molecule has 0 amide bonds. The first-order chi connectivity index (χ1) is 13.3. The van der Waals surface area contributed by atoms with Gasteiger partial charge in [0.25, 0.3) is 0 Å². The highest BCUT2D eigenvalue weighted by Gasteiger charge is 2.22. The van der Waals surface area contributed by atoms with Crippen molar-refractivity contribution in [3.8, 4) is 11.3 Å². The molecular formula is C23H25N3O. The van der Waals surface area contributed by atoms with Gasteiger partial charge in [0.15, 0.2) is 0 Å². The summed E-state index contributed by atoms with van der Waals surface area (Å²) in [5, 5.41) is 9.22. The normalized spacial score (nSPS) is 17.7. The number of pyridine rings is 2. The lowest BCUT2D eigenvalue weighted by Gasteiger charge is -2.32. The maximum Gasteiger partial charge on any atom is 0.0705 e. The third-order valence-corrected chi connectivity index (χ3v) is 5.26. The van der Waals surface area contributed by atoms with Crippen molar-refractivity contribution < 1.29 is 5.11 Å². The molecule has 0 saturated carbocycles. The Hall–Kier alpha value is -2.56. The fourth-order valence-corrected chi connectivity index (χ4v) is 3.81. The molecule has 0 unspecified atom stereocenters. The predicted octanol–water partition coefficient (Wildman–Crippen LogP) is 4.02. The van der Waals surface area contributed by atoms with Gasteiger partial charge < -0.3 is 5.11 Å². The lowest BCUT2D eigenvalue weighted by molar-refractivity contribution is 0.198. The summed E-state index contributed by atoms with van der Waals surface area (Å²) >= 11 is 0. The average Bonchev–Trinajstić information content (AvgIpc) is 2.75. The standard InChI is InChI=1S/C23H25N3O/c27-17-18-8-10-20(11-9-18)22-6-1-7-23(25-22)21-5-3-13-26(16-21)15-19-4-2-12-24-14-19/h1-2,4,6-12,14,21,27H,3,5,13,15-17H2/t21-/m1/s1. The van der Waals surface area contributed by atoms with Gasteiger partial charge in [0.2, 0.25) is 0 Å². The Bertz CT molecular complexity index is 864. The number of likely N-dealkylation sites (tertiary alicyclic amines) is 1. The van der Waals surface area contributed by atoms with E-state index in [2.05, 4.69) is 34.1 Å². The quantitative estimate of drug-likeness (QED) is 0.748. The third kappa shape index (κ3) is 4.41. The van der Waals surface area contributed by atoms with Crippen molar-refractivity contribution in [3.63, 3.8) is 0 Å². The van der Waals surface area contributed by atoms with E-state index in [1.807, 2.05) is 42.7 Å². The molecule has 3 aromatic rings. The van der Waals surface area contributed by atoms with Crippen LogP contribution in [0.1, 0.15) is 35.6 Å². The summed E-state index contributed by atoms with van der Waals surface area (Å²) < 4.78 is 0. The fraction of sp³-hybridized carbons (Fsp3) is 0.304. The van der Waals surface area contributed by atoms with Gasteiger partial charge in [-0.15, -0.1) is 0 Å². The van der Waals surface area contributed by atoms with Crippen LogP contribution in [0.2, 0.25) is 0 Å². The van der Waals surface area contributed by atoms with Crippen LogP contribution in [0.5, 0.6) is 0 Å². The predicted molar refractivity (Wildman–Crippen MR) is 107 cm³/mol. The second-order valence-corrected chi connectivity index (χ2v) is 7.24. The number of aliphatic hydroxyl groups is 1. The van der Waals surface area contributed by atoms with E-state index in [0.29, 0.717) is 5.92 Å². The van der Waals surface area contributed by atoms with Gasteiger partial charge in [-0.25, -0.2) is 0 Å². The van der Waals surface area contributed by atoms with Crippen LogP contribution in [-0.4, -0.2) is 33.1 Å². The highest BCUT2D eigenvalue weighted by atomic mass is 16.3. The van der Waals surface area contributed by atoms with Crippen LogP contribution in [0.3, 0.4) is 0 Å². The molecule has 138 valence electrons. The molecule has 0 radical (unpaired) electrons. The molecule has 1 saturated heterocycles. The van der Waals surface area contributed by atoms with Crippen molar-refractivity contribution in [2.45, 2.75) is 31.9 Å². The molecule has 27 heavy (non-hydrogen) atoms. The number of aromatic nitrogens is 2. The van der Waals surface area contributed by atoms with Crippen LogP contribution in [0.15, 0.2) is 67.0 Å². The van der Waals surface area contributed by atoms with E-state index in [-0.39, 0.29) is 6.61 Å². The van der Waals surface area contributed by atoms with E-state index in [4.69, 9.17) is 4.98 Å². The smallest absolute Gasteiger partial charge is 0.0705 e. The minimum Gasteiger partial charge on any atom is -0.392 e. The SMILES string of the molecule is OCc1ccc(-c2cccc([C@@H]3CCCN(Cc4cccnc4)C3)n2)cc1. The molecule has 1 aliphatic heterocycles. The molecule has 4 heteroatoms. The number of rotatable bonds is 5. The first-order valence-electron chi connectivity index (χ1n) is 9.60. The number of nitrogens with zero attached hydrogens (tertiary/aromatic N) is 3. The Balaban J connectivity index is 1.49. The van der Waals surface area contributed by atoms with Crippen molar-refractivity contribution in [2.24, 2.45) is 0 Å². The molecule has 1 atom stereocenters. The molecule has 4 rings (SSSR count). The van der Waals surface area contributed by atoms with Crippen LogP contribution in [0, 0.1) is 0 Å². The molecule has 2 aromatic heterocycles. The van der Waals surface area contributed by atoms with E-state index >= 15 is 0 Å². The highest BCUT2D eigenvalue weighted by Crippen LogP contribution is 2.28. The van der Waals surface area contributed by atoms with Gasteiger partial charge in [-0.1, -0.05) is 36.4 Å². The molecule has 1 aliphatic rings.